The Morgan fingerprint density at radius 2 is 1.97 bits per heavy atom. The van der Waals surface area contributed by atoms with Gasteiger partial charge in [-0.05, 0) is 35.9 Å². The van der Waals surface area contributed by atoms with Gasteiger partial charge in [-0.25, -0.2) is 14.4 Å². The zero-order valence-corrected chi connectivity index (χ0v) is 18.9. The highest BCUT2D eigenvalue weighted by Crippen LogP contribution is 2.39. The van der Waals surface area contributed by atoms with Crippen LogP contribution in [-0.2, 0) is 4.74 Å². The van der Waals surface area contributed by atoms with Crippen LogP contribution in [0.5, 0.6) is 0 Å². The van der Waals surface area contributed by atoms with Crippen LogP contribution in [0.3, 0.4) is 0 Å². The summed E-state index contributed by atoms with van der Waals surface area (Å²) < 4.78 is 24.2. The Morgan fingerprint density at radius 3 is 2.61 bits per heavy atom. The van der Waals surface area contributed by atoms with Crippen molar-refractivity contribution in [2.24, 2.45) is 0 Å². The van der Waals surface area contributed by atoms with E-state index >= 15 is 0 Å². The monoisotopic (exact) mass is 464 g/mol. The van der Waals surface area contributed by atoms with Crippen LogP contribution in [0.25, 0.3) is 21.8 Å². The topological polar surface area (TPSA) is 90.1 Å². The summed E-state index contributed by atoms with van der Waals surface area (Å²) in [6.45, 7) is 5.39. The third-order valence-corrected chi connectivity index (χ3v) is 6.31. The number of thiazole rings is 1. The number of ether oxygens (including phenoxy) is 1. The van der Waals surface area contributed by atoms with Gasteiger partial charge in [0.25, 0.3) is 5.91 Å². The second-order valence-electron chi connectivity index (χ2n) is 8.14. The quantitative estimate of drug-likeness (QED) is 0.406. The van der Waals surface area contributed by atoms with E-state index in [1.165, 1.54) is 23.5 Å². The number of rotatable bonds is 6. The maximum Gasteiger partial charge on any atom is 0.276 e. The first kappa shape index (κ1) is 21.4. The summed E-state index contributed by atoms with van der Waals surface area (Å²) in [6, 6.07) is 9.77. The van der Waals surface area contributed by atoms with Crippen LogP contribution in [0.1, 0.15) is 47.5 Å². The van der Waals surface area contributed by atoms with E-state index in [-0.39, 0.29) is 23.3 Å². The molecule has 1 aliphatic heterocycles. The van der Waals surface area contributed by atoms with E-state index in [0.29, 0.717) is 52.5 Å². The fourth-order valence-electron chi connectivity index (χ4n) is 3.53. The molecule has 0 bridgehead atoms. The Bertz CT molecular complexity index is 1280. The molecule has 168 valence electrons. The molecule has 33 heavy (non-hydrogen) atoms. The van der Waals surface area contributed by atoms with E-state index in [0.717, 1.165) is 5.56 Å². The first-order valence-corrected chi connectivity index (χ1v) is 11.4. The highest BCUT2D eigenvalue weighted by atomic mass is 32.1. The average Bonchev–Trinajstić information content (AvgIpc) is 3.41. The normalized spacial score (nSPS) is 13.8. The van der Waals surface area contributed by atoms with Crippen molar-refractivity contribution in [3.05, 3.63) is 70.8 Å². The second kappa shape index (κ2) is 8.84. The Labute approximate surface area is 193 Å². The van der Waals surface area contributed by atoms with Crippen LogP contribution in [0.15, 0.2) is 52.5 Å². The molecule has 4 heterocycles. The number of hydrogen-bond donors (Lipinski definition) is 1. The van der Waals surface area contributed by atoms with Crippen molar-refractivity contribution in [3.63, 3.8) is 0 Å². The predicted molar refractivity (Wildman–Crippen MR) is 123 cm³/mol. The fraction of sp³-hybridized carbons (Fsp3) is 0.250. The maximum absolute atomic E-state index is 13.4. The van der Waals surface area contributed by atoms with E-state index in [2.05, 4.69) is 20.4 Å². The first-order chi connectivity index (χ1) is 16.0. The molecule has 0 spiro atoms. The average molecular weight is 465 g/mol. The number of nitrogens with zero attached hydrogens (tertiary/aromatic N) is 3. The highest BCUT2D eigenvalue weighted by Gasteiger charge is 2.25. The van der Waals surface area contributed by atoms with Crippen LogP contribution in [0.4, 0.5) is 10.2 Å². The van der Waals surface area contributed by atoms with Gasteiger partial charge < -0.3 is 14.6 Å². The van der Waals surface area contributed by atoms with E-state index < -0.39 is 0 Å². The number of hydrogen-bond acceptors (Lipinski definition) is 7. The zero-order valence-electron chi connectivity index (χ0n) is 18.0. The molecule has 9 heteroatoms. The van der Waals surface area contributed by atoms with Crippen molar-refractivity contribution in [1.29, 1.82) is 0 Å². The highest BCUT2D eigenvalue weighted by molar-refractivity contribution is 7.13. The lowest BCUT2D eigenvalue weighted by Gasteiger charge is -2.25. The van der Waals surface area contributed by atoms with Gasteiger partial charge in [-0.15, -0.1) is 11.3 Å². The number of carbonyl (C=O) groups excluding carboxylic acids is 1. The molecule has 4 aromatic rings. The molecule has 1 saturated heterocycles. The molecule has 0 unspecified atom stereocenters. The van der Waals surface area contributed by atoms with Gasteiger partial charge in [-0.2, -0.15) is 0 Å². The van der Waals surface area contributed by atoms with Crippen molar-refractivity contribution >= 4 is 23.1 Å². The van der Waals surface area contributed by atoms with Crippen LogP contribution < -0.4 is 5.32 Å². The van der Waals surface area contributed by atoms with Crippen molar-refractivity contribution in [2.75, 3.05) is 18.5 Å². The number of pyridine rings is 1. The van der Waals surface area contributed by atoms with Gasteiger partial charge in [-0.3, -0.25) is 4.79 Å². The van der Waals surface area contributed by atoms with Gasteiger partial charge in [-0.1, -0.05) is 25.1 Å². The third kappa shape index (κ3) is 4.29. The summed E-state index contributed by atoms with van der Waals surface area (Å²) >= 11 is 1.33. The standard InChI is InChI=1S/C24H21FN4O3S/c1-13(2)22-20(21(29-32-22)14-3-6-17(25)7-4-14)24-27-18(12-33-24)23(30)28-19-8-5-15(9-26-19)16-10-31-11-16/h3-9,12-13,16H,10-11H2,1-2H3,(H,26,28,30). The Morgan fingerprint density at radius 1 is 1.18 bits per heavy atom. The van der Waals surface area contributed by atoms with Gasteiger partial charge in [0.05, 0.1) is 18.8 Å². The number of benzene rings is 1. The number of halogens is 1. The van der Waals surface area contributed by atoms with Gasteiger partial charge in [0.15, 0.2) is 0 Å². The third-order valence-electron chi connectivity index (χ3n) is 5.45. The first-order valence-electron chi connectivity index (χ1n) is 10.6. The molecule has 1 amide bonds. The summed E-state index contributed by atoms with van der Waals surface area (Å²) in [7, 11) is 0. The molecule has 5 rings (SSSR count). The Balaban J connectivity index is 1.40. The maximum atomic E-state index is 13.4. The van der Waals surface area contributed by atoms with Crippen LogP contribution in [-0.4, -0.2) is 34.2 Å². The Kier molecular flexibility index (Phi) is 5.74. The fourth-order valence-corrected chi connectivity index (χ4v) is 4.38. The van der Waals surface area contributed by atoms with Crippen molar-refractivity contribution < 1.29 is 18.4 Å². The smallest absolute Gasteiger partial charge is 0.276 e. The Hall–Kier alpha value is -3.43. The summed E-state index contributed by atoms with van der Waals surface area (Å²) in [6.07, 6.45) is 1.76. The molecular weight excluding hydrogens is 443 g/mol. The number of carbonyl (C=O) groups is 1. The SMILES string of the molecule is CC(C)c1onc(-c2ccc(F)cc2)c1-c1nc(C(=O)Nc2ccc(C3COC3)cn2)cs1. The van der Waals surface area contributed by atoms with Crippen LogP contribution in [0, 0.1) is 5.82 Å². The van der Waals surface area contributed by atoms with E-state index in [1.54, 1.807) is 29.8 Å². The molecule has 3 aromatic heterocycles. The zero-order chi connectivity index (χ0) is 22.9. The van der Waals surface area contributed by atoms with Gasteiger partial charge in [0, 0.05) is 29.0 Å². The molecule has 1 aliphatic rings. The van der Waals surface area contributed by atoms with Gasteiger partial charge in [0.1, 0.15) is 33.8 Å². The minimum absolute atomic E-state index is 0.0478. The largest absolute Gasteiger partial charge is 0.380 e. The second-order valence-corrected chi connectivity index (χ2v) is 8.99. The summed E-state index contributed by atoms with van der Waals surface area (Å²) in [5, 5.41) is 9.31. The number of amides is 1. The number of aromatic nitrogens is 3. The van der Waals surface area contributed by atoms with Gasteiger partial charge >= 0.3 is 0 Å². The van der Waals surface area contributed by atoms with Gasteiger partial charge in [0.2, 0.25) is 0 Å². The van der Waals surface area contributed by atoms with E-state index in [9.17, 15) is 9.18 Å². The summed E-state index contributed by atoms with van der Waals surface area (Å²) in [5.74, 6) is 0.856. The van der Waals surface area contributed by atoms with E-state index in [1.807, 2.05) is 19.9 Å². The number of nitrogens with one attached hydrogen (secondary N) is 1. The molecular formula is C24H21FN4O3S. The molecule has 7 nitrogen and oxygen atoms in total. The van der Waals surface area contributed by atoms with Crippen molar-refractivity contribution in [2.45, 2.75) is 25.7 Å². The molecule has 0 aliphatic carbocycles. The lowest BCUT2D eigenvalue weighted by Crippen LogP contribution is -2.25. The minimum Gasteiger partial charge on any atom is -0.380 e. The lowest BCUT2D eigenvalue weighted by molar-refractivity contribution is 0.00830. The summed E-state index contributed by atoms with van der Waals surface area (Å²) in [4.78, 5) is 21.7. The molecule has 0 radical (unpaired) electrons. The molecule has 0 saturated carbocycles. The molecule has 1 fully saturated rings. The van der Waals surface area contributed by atoms with Crippen molar-refractivity contribution in [1.82, 2.24) is 15.1 Å². The predicted octanol–water partition coefficient (Wildman–Crippen LogP) is 5.49. The van der Waals surface area contributed by atoms with Crippen molar-refractivity contribution in [3.8, 4) is 21.8 Å². The molecule has 0 atom stereocenters. The molecule has 1 N–H and O–H groups in total. The van der Waals surface area contributed by atoms with Crippen LogP contribution in [0.2, 0.25) is 0 Å². The summed E-state index contributed by atoms with van der Waals surface area (Å²) in [5.41, 5.74) is 3.36. The number of anilines is 1. The molecule has 1 aromatic carbocycles. The van der Waals surface area contributed by atoms with Crippen LogP contribution >= 0.6 is 11.3 Å². The lowest BCUT2D eigenvalue weighted by atomic mass is 10.00. The minimum atomic E-state index is -0.351. The van der Waals surface area contributed by atoms with E-state index in [4.69, 9.17) is 9.26 Å².